The molecule has 2 aromatic rings. The molecular weight excluding hydrogens is 240 g/mol. The standard InChI is InChI=1S/C12H13ClN2O2/c1-2-5-12-14-11(15-17-12)8-16-10-7-4-3-6-9(10)13/h3-4,6-7H,2,5,8H2,1H3. The number of nitrogens with zero attached hydrogens (tertiary/aromatic N) is 2. The van der Waals surface area contributed by atoms with Crippen LogP contribution in [0.4, 0.5) is 0 Å². The number of ether oxygens (including phenoxy) is 1. The van der Waals surface area contributed by atoms with Gasteiger partial charge in [0.05, 0.1) is 5.02 Å². The smallest absolute Gasteiger partial charge is 0.226 e. The predicted octanol–water partition coefficient (Wildman–Crippen LogP) is 3.25. The third kappa shape index (κ3) is 3.20. The molecule has 4 nitrogen and oxygen atoms in total. The molecule has 0 aliphatic heterocycles. The zero-order valence-corrected chi connectivity index (χ0v) is 10.3. The Labute approximate surface area is 105 Å². The highest BCUT2D eigenvalue weighted by molar-refractivity contribution is 6.32. The Bertz CT molecular complexity index is 485. The van der Waals surface area contributed by atoms with Crippen LogP contribution in [0.5, 0.6) is 5.75 Å². The van der Waals surface area contributed by atoms with Crippen LogP contribution in [0.25, 0.3) is 0 Å². The third-order valence-electron chi connectivity index (χ3n) is 2.17. The molecule has 0 N–H and O–H groups in total. The van der Waals surface area contributed by atoms with Gasteiger partial charge < -0.3 is 9.26 Å². The maximum absolute atomic E-state index is 5.96. The maximum atomic E-state index is 5.96. The molecule has 0 spiro atoms. The summed E-state index contributed by atoms with van der Waals surface area (Å²) in [5.74, 6) is 1.80. The summed E-state index contributed by atoms with van der Waals surface area (Å²) in [6.07, 6.45) is 1.77. The van der Waals surface area contributed by atoms with Crippen molar-refractivity contribution in [2.75, 3.05) is 0 Å². The minimum absolute atomic E-state index is 0.261. The summed E-state index contributed by atoms with van der Waals surface area (Å²) in [4.78, 5) is 4.20. The van der Waals surface area contributed by atoms with Crippen molar-refractivity contribution in [2.24, 2.45) is 0 Å². The van der Waals surface area contributed by atoms with E-state index in [1.54, 1.807) is 12.1 Å². The lowest BCUT2D eigenvalue weighted by Gasteiger charge is -2.04. The van der Waals surface area contributed by atoms with Crippen molar-refractivity contribution in [3.8, 4) is 5.75 Å². The van der Waals surface area contributed by atoms with Crippen molar-refractivity contribution in [3.05, 3.63) is 41.0 Å². The normalized spacial score (nSPS) is 10.5. The van der Waals surface area contributed by atoms with Gasteiger partial charge in [0.15, 0.2) is 6.61 Å². The Balaban J connectivity index is 1.95. The van der Waals surface area contributed by atoms with E-state index < -0.39 is 0 Å². The van der Waals surface area contributed by atoms with Crippen LogP contribution in [0.1, 0.15) is 25.1 Å². The number of halogens is 1. The largest absolute Gasteiger partial charge is 0.484 e. The molecule has 5 heteroatoms. The maximum Gasteiger partial charge on any atom is 0.226 e. The van der Waals surface area contributed by atoms with Crippen LogP contribution in [0.15, 0.2) is 28.8 Å². The van der Waals surface area contributed by atoms with Crippen molar-refractivity contribution in [2.45, 2.75) is 26.4 Å². The second-order valence-electron chi connectivity index (χ2n) is 3.57. The lowest BCUT2D eigenvalue weighted by Crippen LogP contribution is -1.98. The summed E-state index contributed by atoms with van der Waals surface area (Å²) >= 11 is 5.96. The number of benzene rings is 1. The van der Waals surface area contributed by atoms with Gasteiger partial charge in [-0.2, -0.15) is 4.98 Å². The second-order valence-corrected chi connectivity index (χ2v) is 3.98. The lowest BCUT2D eigenvalue weighted by molar-refractivity contribution is 0.285. The van der Waals surface area contributed by atoms with Gasteiger partial charge in [0.1, 0.15) is 5.75 Å². The van der Waals surface area contributed by atoms with Crippen LogP contribution in [0.3, 0.4) is 0 Å². The Morgan fingerprint density at radius 2 is 2.18 bits per heavy atom. The van der Waals surface area contributed by atoms with E-state index in [0.29, 0.717) is 22.5 Å². The second kappa shape index (κ2) is 5.68. The van der Waals surface area contributed by atoms with Crippen molar-refractivity contribution in [3.63, 3.8) is 0 Å². The van der Waals surface area contributed by atoms with Gasteiger partial charge in [-0.3, -0.25) is 0 Å². The minimum Gasteiger partial charge on any atom is -0.484 e. The average Bonchev–Trinajstić information content (AvgIpc) is 2.76. The molecule has 0 radical (unpaired) electrons. The molecule has 1 aromatic carbocycles. The molecule has 0 aliphatic rings. The molecule has 2 rings (SSSR count). The van der Waals surface area contributed by atoms with Crippen LogP contribution < -0.4 is 4.74 Å². The van der Waals surface area contributed by atoms with Crippen molar-refractivity contribution in [1.82, 2.24) is 10.1 Å². The first-order valence-corrected chi connectivity index (χ1v) is 5.86. The first-order chi connectivity index (χ1) is 8.29. The molecule has 90 valence electrons. The fraction of sp³-hybridized carbons (Fsp3) is 0.333. The van der Waals surface area contributed by atoms with E-state index in [1.165, 1.54) is 0 Å². The predicted molar refractivity (Wildman–Crippen MR) is 64.1 cm³/mol. The van der Waals surface area contributed by atoms with E-state index >= 15 is 0 Å². The van der Waals surface area contributed by atoms with E-state index in [4.69, 9.17) is 20.9 Å². The van der Waals surface area contributed by atoms with Gasteiger partial charge in [-0.05, 0) is 18.6 Å². The third-order valence-corrected chi connectivity index (χ3v) is 2.48. The van der Waals surface area contributed by atoms with Gasteiger partial charge in [0.2, 0.25) is 11.7 Å². The Morgan fingerprint density at radius 3 is 2.94 bits per heavy atom. The zero-order valence-electron chi connectivity index (χ0n) is 9.52. The zero-order chi connectivity index (χ0) is 12.1. The highest BCUT2D eigenvalue weighted by Gasteiger charge is 2.07. The van der Waals surface area contributed by atoms with Gasteiger partial charge in [-0.25, -0.2) is 0 Å². The molecule has 0 fully saturated rings. The van der Waals surface area contributed by atoms with Crippen LogP contribution in [0, 0.1) is 0 Å². The Hall–Kier alpha value is -1.55. The molecule has 1 aromatic heterocycles. The minimum atomic E-state index is 0.261. The van der Waals surface area contributed by atoms with E-state index in [2.05, 4.69) is 17.1 Å². The van der Waals surface area contributed by atoms with Gasteiger partial charge >= 0.3 is 0 Å². The van der Waals surface area contributed by atoms with Gasteiger partial charge in [-0.1, -0.05) is 35.8 Å². The molecule has 0 saturated heterocycles. The fourth-order valence-electron chi connectivity index (χ4n) is 1.37. The first kappa shape index (κ1) is 11.9. The van der Waals surface area contributed by atoms with E-state index in [9.17, 15) is 0 Å². The van der Waals surface area contributed by atoms with Gasteiger partial charge in [0, 0.05) is 6.42 Å². The number of hydrogen-bond donors (Lipinski definition) is 0. The fourth-order valence-corrected chi connectivity index (χ4v) is 1.56. The average molecular weight is 253 g/mol. The molecule has 0 bridgehead atoms. The molecule has 1 heterocycles. The summed E-state index contributed by atoms with van der Waals surface area (Å²) in [6.45, 7) is 2.32. The highest BCUT2D eigenvalue weighted by Crippen LogP contribution is 2.23. The quantitative estimate of drug-likeness (QED) is 0.820. The Morgan fingerprint density at radius 1 is 1.35 bits per heavy atom. The molecule has 0 amide bonds. The molecule has 0 unspecified atom stereocenters. The van der Waals surface area contributed by atoms with Crippen LogP contribution >= 0.6 is 11.6 Å². The van der Waals surface area contributed by atoms with Crippen molar-refractivity contribution in [1.29, 1.82) is 0 Å². The van der Waals surface area contributed by atoms with Crippen LogP contribution in [-0.4, -0.2) is 10.1 Å². The first-order valence-electron chi connectivity index (χ1n) is 5.48. The molecule has 0 aliphatic carbocycles. The summed E-state index contributed by atoms with van der Waals surface area (Å²) in [5, 5.41) is 4.40. The summed E-state index contributed by atoms with van der Waals surface area (Å²) in [7, 11) is 0. The monoisotopic (exact) mass is 252 g/mol. The van der Waals surface area contributed by atoms with Crippen molar-refractivity contribution >= 4 is 11.6 Å². The number of aryl methyl sites for hydroxylation is 1. The topological polar surface area (TPSA) is 48.2 Å². The molecular formula is C12H13ClN2O2. The highest BCUT2D eigenvalue weighted by atomic mass is 35.5. The number of para-hydroxylation sites is 1. The number of aromatic nitrogens is 2. The summed E-state index contributed by atoms with van der Waals surface area (Å²) < 4.78 is 10.5. The summed E-state index contributed by atoms with van der Waals surface area (Å²) in [5.41, 5.74) is 0. The van der Waals surface area contributed by atoms with E-state index in [-0.39, 0.29) is 6.61 Å². The number of hydrogen-bond acceptors (Lipinski definition) is 4. The van der Waals surface area contributed by atoms with Crippen LogP contribution in [0.2, 0.25) is 5.02 Å². The summed E-state index contributed by atoms with van der Waals surface area (Å²) in [6, 6.07) is 7.29. The molecule has 0 saturated carbocycles. The SMILES string of the molecule is CCCc1nc(COc2ccccc2Cl)no1. The van der Waals surface area contributed by atoms with E-state index in [1.807, 2.05) is 12.1 Å². The van der Waals surface area contributed by atoms with Gasteiger partial charge in [-0.15, -0.1) is 0 Å². The molecule has 0 atom stereocenters. The lowest BCUT2D eigenvalue weighted by atomic mass is 10.3. The number of rotatable bonds is 5. The van der Waals surface area contributed by atoms with Crippen molar-refractivity contribution < 1.29 is 9.26 Å². The van der Waals surface area contributed by atoms with Gasteiger partial charge in [0.25, 0.3) is 0 Å². The molecule has 17 heavy (non-hydrogen) atoms. The van der Waals surface area contributed by atoms with E-state index in [0.717, 1.165) is 12.8 Å². The Kier molecular flexibility index (Phi) is 3.98. The van der Waals surface area contributed by atoms with Crippen LogP contribution in [-0.2, 0) is 13.0 Å².